The van der Waals surface area contributed by atoms with Crippen LogP contribution in [0.4, 0.5) is 0 Å². The van der Waals surface area contributed by atoms with Gasteiger partial charge in [-0.25, -0.2) is 0 Å². The average Bonchev–Trinajstić information content (AvgIpc) is 2.55. The molecule has 2 aliphatic rings. The molecule has 11 nitrogen and oxygen atoms in total. The average molecular weight is 367 g/mol. The summed E-state index contributed by atoms with van der Waals surface area (Å²) in [7, 11) is 0. The Morgan fingerprint density at radius 2 is 1.60 bits per heavy atom. The summed E-state index contributed by atoms with van der Waals surface area (Å²) >= 11 is 0. The number of nitrogens with one attached hydrogen (secondary N) is 1. The van der Waals surface area contributed by atoms with Gasteiger partial charge in [0.2, 0.25) is 5.91 Å². The fraction of sp³-hybridized carbons (Fsp3) is 0.929. The summed E-state index contributed by atoms with van der Waals surface area (Å²) in [6.07, 6.45) is -12.2. The van der Waals surface area contributed by atoms with Crippen molar-refractivity contribution in [3.05, 3.63) is 0 Å². The highest BCUT2D eigenvalue weighted by molar-refractivity contribution is 5.73. The number of rotatable bonds is 4. The third-order valence-electron chi connectivity index (χ3n) is 4.32. The smallest absolute Gasteiger partial charge is 0.217 e. The second kappa shape index (κ2) is 8.20. The lowest BCUT2D eigenvalue weighted by atomic mass is 9.97. The Kier molecular flexibility index (Phi) is 6.70. The summed E-state index contributed by atoms with van der Waals surface area (Å²) in [4.78, 5) is 11.1. The lowest BCUT2D eigenvalue weighted by Crippen LogP contribution is -2.64. The summed E-state index contributed by atoms with van der Waals surface area (Å²) in [5.41, 5.74) is 0. The molecule has 2 fully saturated rings. The Labute approximate surface area is 143 Å². The standard InChI is InChI=1S/C14H25NO10/c1-4-8(17)11(20)12(21)14(24-4)23-3-6-9(18)10(19)7(13(22)25-6)15-5(2)16/h4,6-14,17-22H,3H2,1-2H3,(H,15,16)/t4-,6+,7+,8-,9-,10+,11-,12-,13-,14-/m1/s1. The minimum absolute atomic E-state index is 0.390. The van der Waals surface area contributed by atoms with Gasteiger partial charge in [0.25, 0.3) is 0 Å². The number of ether oxygens (including phenoxy) is 3. The van der Waals surface area contributed by atoms with Crippen molar-refractivity contribution in [2.24, 2.45) is 0 Å². The van der Waals surface area contributed by atoms with E-state index < -0.39 is 67.3 Å². The van der Waals surface area contributed by atoms with Gasteiger partial charge in [0.1, 0.15) is 42.7 Å². The Hall–Kier alpha value is -0.890. The van der Waals surface area contributed by atoms with Gasteiger partial charge in [-0.05, 0) is 6.92 Å². The van der Waals surface area contributed by atoms with Crippen LogP contribution in [0.5, 0.6) is 0 Å². The van der Waals surface area contributed by atoms with E-state index in [0.717, 1.165) is 0 Å². The molecule has 11 heteroatoms. The van der Waals surface area contributed by atoms with Crippen LogP contribution in [0.1, 0.15) is 13.8 Å². The molecule has 0 spiro atoms. The van der Waals surface area contributed by atoms with Gasteiger partial charge in [-0.1, -0.05) is 0 Å². The highest BCUT2D eigenvalue weighted by Gasteiger charge is 2.46. The minimum Gasteiger partial charge on any atom is -0.388 e. The first kappa shape index (κ1) is 20.4. The third kappa shape index (κ3) is 4.45. The molecule has 7 N–H and O–H groups in total. The second-order valence-corrected chi connectivity index (χ2v) is 6.29. The van der Waals surface area contributed by atoms with Crippen LogP contribution in [0.15, 0.2) is 0 Å². The van der Waals surface area contributed by atoms with E-state index in [1.54, 1.807) is 0 Å². The summed E-state index contributed by atoms with van der Waals surface area (Å²) < 4.78 is 15.6. The lowest BCUT2D eigenvalue weighted by Gasteiger charge is -2.42. The number of hydrogen-bond donors (Lipinski definition) is 7. The maximum absolute atomic E-state index is 11.1. The zero-order valence-electron chi connectivity index (χ0n) is 13.8. The molecule has 25 heavy (non-hydrogen) atoms. The molecule has 0 unspecified atom stereocenters. The molecule has 1 amide bonds. The molecule has 2 saturated heterocycles. The van der Waals surface area contributed by atoms with Crippen molar-refractivity contribution in [2.45, 2.75) is 75.2 Å². The maximum atomic E-state index is 11.1. The predicted octanol–water partition coefficient (Wildman–Crippen LogP) is -4.23. The van der Waals surface area contributed by atoms with Gasteiger partial charge < -0.3 is 50.2 Å². The molecule has 0 radical (unpaired) electrons. The Morgan fingerprint density at radius 1 is 0.960 bits per heavy atom. The summed E-state index contributed by atoms with van der Waals surface area (Å²) in [5, 5.41) is 61.4. The molecule has 146 valence electrons. The van der Waals surface area contributed by atoms with E-state index in [-0.39, 0.29) is 6.61 Å². The number of carbonyl (C=O) groups is 1. The molecule has 2 rings (SSSR count). The van der Waals surface area contributed by atoms with Gasteiger partial charge in [0.05, 0.1) is 12.7 Å². The van der Waals surface area contributed by atoms with E-state index in [9.17, 15) is 35.4 Å². The number of hydrogen-bond acceptors (Lipinski definition) is 10. The quantitative estimate of drug-likeness (QED) is 0.257. The molecule has 0 aromatic rings. The van der Waals surface area contributed by atoms with Crippen LogP contribution >= 0.6 is 0 Å². The van der Waals surface area contributed by atoms with Crippen molar-refractivity contribution in [2.75, 3.05) is 6.61 Å². The summed E-state index contributed by atoms with van der Waals surface area (Å²) in [6.45, 7) is 2.27. The normalized spacial score (nSPS) is 48.2. The molecule has 0 aromatic carbocycles. The van der Waals surface area contributed by atoms with E-state index in [1.165, 1.54) is 13.8 Å². The first-order valence-electron chi connectivity index (χ1n) is 7.91. The van der Waals surface area contributed by atoms with Crippen LogP contribution in [-0.2, 0) is 19.0 Å². The summed E-state index contributed by atoms with van der Waals surface area (Å²) in [5.74, 6) is -0.520. The predicted molar refractivity (Wildman–Crippen MR) is 78.8 cm³/mol. The Morgan fingerprint density at radius 3 is 2.20 bits per heavy atom. The molecule has 2 heterocycles. The van der Waals surface area contributed by atoms with Gasteiger partial charge in [0, 0.05) is 6.92 Å². The van der Waals surface area contributed by atoms with Crippen LogP contribution < -0.4 is 5.32 Å². The van der Waals surface area contributed by atoms with E-state index >= 15 is 0 Å². The van der Waals surface area contributed by atoms with Crippen LogP contribution in [-0.4, -0.2) is 105 Å². The number of amides is 1. The molecular formula is C14H25NO10. The third-order valence-corrected chi connectivity index (χ3v) is 4.32. The molecule has 2 aliphatic heterocycles. The molecule has 10 atom stereocenters. The van der Waals surface area contributed by atoms with Crippen LogP contribution in [0.25, 0.3) is 0 Å². The molecule has 0 saturated carbocycles. The molecule has 0 aliphatic carbocycles. The lowest BCUT2D eigenvalue weighted by molar-refractivity contribution is -0.313. The van der Waals surface area contributed by atoms with E-state index in [2.05, 4.69) is 5.32 Å². The summed E-state index contributed by atoms with van der Waals surface area (Å²) in [6, 6.07) is -1.21. The highest BCUT2D eigenvalue weighted by Crippen LogP contribution is 2.24. The molecule has 0 bridgehead atoms. The second-order valence-electron chi connectivity index (χ2n) is 6.29. The van der Waals surface area contributed by atoms with Crippen LogP contribution in [0.2, 0.25) is 0 Å². The van der Waals surface area contributed by atoms with E-state index in [1.807, 2.05) is 0 Å². The van der Waals surface area contributed by atoms with Gasteiger partial charge in [-0.15, -0.1) is 0 Å². The highest BCUT2D eigenvalue weighted by atomic mass is 16.7. The molecule has 0 aromatic heterocycles. The molecular weight excluding hydrogens is 342 g/mol. The van der Waals surface area contributed by atoms with Gasteiger partial charge in [0.15, 0.2) is 12.6 Å². The fourth-order valence-corrected chi connectivity index (χ4v) is 2.82. The first-order valence-corrected chi connectivity index (χ1v) is 7.91. The fourth-order valence-electron chi connectivity index (χ4n) is 2.82. The monoisotopic (exact) mass is 367 g/mol. The van der Waals surface area contributed by atoms with Crippen LogP contribution in [0, 0.1) is 0 Å². The van der Waals surface area contributed by atoms with Gasteiger partial charge >= 0.3 is 0 Å². The Bertz CT molecular complexity index is 465. The van der Waals surface area contributed by atoms with E-state index in [0.29, 0.717) is 0 Å². The van der Waals surface area contributed by atoms with Crippen molar-refractivity contribution in [3.8, 4) is 0 Å². The van der Waals surface area contributed by atoms with E-state index in [4.69, 9.17) is 14.2 Å². The topological polar surface area (TPSA) is 178 Å². The zero-order chi connectivity index (χ0) is 18.9. The maximum Gasteiger partial charge on any atom is 0.217 e. The number of carbonyl (C=O) groups excluding carboxylic acids is 1. The van der Waals surface area contributed by atoms with Crippen LogP contribution in [0.3, 0.4) is 0 Å². The van der Waals surface area contributed by atoms with Crippen molar-refractivity contribution in [1.82, 2.24) is 5.32 Å². The van der Waals surface area contributed by atoms with Gasteiger partial charge in [-0.2, -0.15) is 0 Å². The number of aliphatic hydroxyl groups is 6. The Balaban J connectivity index is 1.94. The number of aliphatic hydroxyl groups excluding tert-OH is 6. The van der Waals surface area contributed by atoms with Gasteiger partial charge in [-0.3, -0.25) is 4.79 Å². The largest absolute Gasteiger partial charge is 0.388 e. The first-order chi connectivity index (χ1) is 11.6. The minimum atomic E-state index is -1.58. The SMILES string of the molecule is CC(=O)N[C@H]1[C@H](O)[C@H](O)[C@H](CO[C@@H]2O[C@H](C)[C@@H](O)[C@@H](O)[C@H]2O)O[C@H]1O. The zero-order valence-corrected chi connectivity index (χ0v) is 13.8. The van der Waals surface area contributed by atoms with Crippen molar-refractivity contribution in [3.63, 3.8) is 0 Å². The van der Waals surface area contributed by atoms with Crippen molar-refractivity contribution >= 4 is 5.91 Å². The van der Waals surface area contributed by atoms with Crippen molar-refractivity contribution < 1.29 is 49.6 Å². The van der Waals surface area contributed by atoms with Crippen molar-refractivity contribution in [1.29, 1.82) is 0 Å².